The second kappa shape index (κ2) is 10.4. The Morgan fingerprint density at radius 3 is 1.52 bits per heavy atom. The fourth-order valence-corrected chi connectivity index (χ4v) is 7.03. The van der Waals surface area contributed by atoms with E-state index in [0.717, 1.165) is 5.75 Å². The SMILES string of the molecule is CC(C)(C)c1ccc(OCc2cc(C(C)(C)C)cc(C(C)(C)C)c2P=C2c3ccccc3-c3ccccc32)cc1. The van der Waals surface area contributed by atoms with Crippen LogP contribution in [0.25, 0.3) is 11.1 Å². The Morgan fingerprint density at radius 1 is 0.550 bits per heavy atom. The minimum Gasteiger partial charge on any atom is -0.489 e. The second-order valence-electron chi connectivity index (χ2n) is 14.1. The molecule has 4 aromatic carbocycles. The van der Waals surface area contributed by atoms with Crippen LogP contribution in [0.4, 0.5) is 0 Å². The van der Waals surface area contributed by atoms with Gasteiger partial charge in [-0.25, -0.2) is 0 Å². The van der Waals surface area contributed by atoms with Gasteiger partial charge in [-0.3, -0.25) is 0 Å². The molecule has 2 heteroatoms. The van der Waals surface area contributed by atoms with Crippen LogP contribution in [0.15, 0.2) is 84.9 Å². The van der Waals surface area contributed by atoms with Crippen molar-refractivity contribution in [3.05, 3.63) is 118 Å². The van der Waals surface area contributed by atoms with Crippen LogP contribution in [-0.4, -0.2) is 5.29 Å². The molecule has 0 amide bonds. The lowest BCUT2D eigenvalue weighted by molar-refractivity contribution is 0.306. The number of fused-ring (bicyclic) bond motifs is 3. The summed E-state index contributed by atoms with van der Waals surface area (Å²) in [5.74, 6) is 0.915. The van der Waals surface area contributed by atoms with E-state index in [1.807, 2.05) is 0 Å². The summed E-state index contributed by atoms with van der Waals surface area (Å²) < 4.78 is 6.53. The Kier molecular flexibility index (Phi) is 7.35. The first-order valence-electron chi connectivity index (χ1n) is 14.4. The molecule has 0 N–H and O–H groups in total. The lowest BCUT2D eigenvalue weighted by Crippen LogP contribution is -2.26. The van der Waals surface area contributed by atoms with Crippen LogP contribution in [0.1, 0.15) is 95.7 Å². The first-order chi connectivity index (χ1) is 18.7. The zero-order valence-electron chi connectivity index (χ0n) is 25.6. The normalized spacial score (nSPS) is 13.4. The molecule has 0 saturated heterocycles. The molecule has 206 valence electrons. The van der Waals surface area contributed by atoms with E-state index in [9.17, 15) is 0 Å². The highest BCUT2D eigenvalue weighted by Crippen LogP contribution is 2.40. The van der Waals surface area contributed by atoms with E-state index in [2.05, 4.69) is 147 Å². The van der Waals surface area contributed by atoms with Crippen molar-refractivity contribution in [1.82, 2.24) is 0 Å². The average Bonchev–Trinajstić information content (AvgIpc) is 3.20. The quantitative estimate of drug-likeness (QED) is 0.204. The standard InChI is InChI=1S/C38H43OP/c1-36(2,3)26-18-20-28(21-19-26)39-24-25-22-27(37(4,5)6)23-33(38(7,8)9)34(25)40-35-31-16-12-10-14-29(31)30-15-11-13-17-32(30)35/h10-23H,24H2,1-9H3. The predicted molar refractivity (Wildman–Crippen MR) is 175 cm³/mol. The molecular formula is C38H43OP. The van der Waals surface area contributed by atoms with E-state index in [1.54, 1.807) is 0 Å². The van der Waals surface area contributed by atoms with Gasteiger partial charge >= 0.3 is 0 Å². The van der Waals surface area contributed by atoms with Crippen molar-refractivity contribution in [3.63, 3.8) is 0 Å². The van der Waals surface area contributed by atoms with Crippen LogP contribution in [0.5, 0.6) is 5.75 Å². The third-order valence-electron chi connectivity index (χ3n) is 7.86. The fourth-order valence-electron chi connectivity index (χ4n) is 5.38. The third-order valence-corrected chi connectivity index (χ3v) is 9.31. The molecular weight excluding hydrogens is 503 g/mol. The molecule has 4 aromatic rings. The highest BCUT2D eigenvalue weighted by Gasteiger charge is 2.28. The molecule has 5 rings (SSSR count). The lowest BCUT2D eigenvalue weighted by atomic mass is 9.79. The zero-order chi connectivity index (χ0) is 28.9. The first kappa shape index (κ1) is 28.4. The summed E-state index contributed by atoms with van der Waals surface area (Å²) in [5.41, 5.74) is 10.9. The summed E-state index contributed by atoms with van der Waals surface area (Å²) in [4.78, 5) is 0. The van der Waals surface area contributed by atoms with E-state index in [4.69, 9.17) is 4.74 Å². The van der Waals surface area contributed by atoms with Crippen LogP contribution in [0, 0.1) is 0 Å². The topological polar surface area (TPSA) is 9.23 Å². The predicted octanol–water partition coefficient (Wildman–Crippen LogP) is 9.98. The molecule has 0 fully saturated rings. The third kappa shape index (κ3) is 5.68. The van der Waals surface area contributed by atoms with Crippen molar-refractivity contribution < 1.29 is 4.74 Å². The molecule has 0 heterocycles. The van der Waals surface area contributed by atoms with E-state index in [1.165, 1.54) is 63.3 Å². The Morgan fingerprint density at radius 2 is 1.05 bits per heavy atom. The maximum Gasteiger partial charge on any atom is 0.119 e. The maximum atomic E-state index is 6.53. The lowest BCUT2D eigenvalue weighted by Gasteiger charge is -2.29. The van der Waals surface area contributed by atoms with Gasteiger partial charge in [0, 0.05) is 16.2 Å². The zero-order valence-corrected chi connectivity index (χ0v) is 26.5. The minimum absolute atomic E-state index is 0.00903. The first-order valence-corrected chi connectivity index (χ1v) is 15.3. The van der Waals surface area contributed by atoms with Crippen LogP contribution in [-0.2, 0) is 22.9 Å². The smallest absolute Gasteiger partial charge is 0.119 e. The van der Waals surface area contributed by atoms with Gasteiger partial charge in [-0.1, -0.05) is 143 Å². The van der Waals surface area contributed by atoms with E-state index < -0.39 is 0 Å². The van der Waals surface area contributed by atoms with Gasteiger partial charge < -0.3 is 4.74 Å². The van der Waals surface area contributed by atoms with Crippen molar-refractivity contribution in [3.8, 4) is 16.9 Å². The van der Waals surface area contributed by atoms with Gasteiger partial charge in [0.25, 0.3) is 0 Å². The van der Waals surface area contributed by atoms with Crippen LogP contribution < -0.4 is 10.0 Å². The summed E-state index contributed by atoms with van der Waals surface area (Å²) in [5, 5.41) is 2.75. The van der Waals surface area contributed by atoms with Crippen LogP contribution in [0.2, 0.25) is 0 Å². The van der Waals surface area contributed by atoms with Gasteiger partial charge in [0.05, 0.1) is 0 Å². The summed E-state index contributed by atoms with van der Waals surface area (Å²) in [7, 11) is 1.23. The van der Waals surface area contributed by atoms with Crippen LogP contribution >= 0.6 is 8.20 Å². The number of ether oxygens (including phenoxy) is 1. The molecule has 0 saturated carbocycles. The van der Waals surface area contributed by atoms with Crippen molar-refractivity contribution in [2.75, 3.05) is 0 Å². The van der Waals surface area contributed by atoms with E-state index >= 15 is 0 Å². The fraction of sp³-hybridized carbons (Fsp3) is 0.342. The highest BCUT2D eigenvalue weighted by molar-refractivity contribution is 7.50. The van der Waals surface area contributed by atoms with E-state index in [-0.39, 0.29) is 16.2 Å². The molecule has 0 radical (unpaired) electrons. The molecule has 0 bridgehead atoms. The molecule has 40 heavy (non-hydrogen) atoms. The van der Waals surface area contributed by atoms with Crippen LogP contribution in [0.3, 0.4) is 0 Å². The Bertz CT molecular complexity index is 1520. The molecule has 0 aliphatic heterocycles. The highest BCUT2D eigenvalue weighted by atomic mass is 31.1. The summed E-state index contributed by atoms with van der Waals surface area (Å²) in [6, 6.07) is 31.2. The van der Waals surface area contributed by atoms with Gasteiger partial charge in [-0.05, 0) is 67.3 Å². The molecule has 1 nitrogen and oxygen atoms in total. The van der Waals surface area contributed by atoms with Gasteiger partial charge in [0.2, 0.25) is 0 Å². The summed E-state index contributed by atoms with van der Waals surface area (Å²) >= 11 is 0. The van der Waals surface area contributed by atoms with Crippen molar-refractivity contribution >= 4 is 18.8 Å². The molecule has 0 aromatic heterocycles. The number of benzene rings is 4. The van der Waals surface area contributed by atoms with Gasteiger partial charge in [-0.15, -0.1) is 0 Å². The largest absolute Gasteiger partial charge is 0.489 e. The number of hydrogen-bond donors (Lipinski definition) is 0. The van der Waals surface area contributed by atoms with E-state index in [0.29, 0.717) is 6.61 Å². The monoisotopic (exact) mass is 546 g/mol. The molecule has 1 aliphatic rings. The van der Waals surface area contributed by atoms with Gasteiger partial charge in [-0.2, -0.15) is 0 Å². The minimum atomic E-state index is -0.00903. The van der Waals surface area contributed by atoms with Gasteiger partial charge in [0.15, 0.2) is 0 Å². The maximum absolute atomic E-state index is 6.53. The average molecular weight is 547 g/mol. The summed E-state index contributed by atoms with van der Waals surface area (Å²) in [6.07, 6.45) is 0. The molecule has 0 spiro atoms. The molecule has 0 atom stereocenters. The number of hydrogen-bond acceptors (Lipinski definition) is 1. The molecule has 1 aliphatic carbocycles. The Labute approximate surface area is 243 Å². The Balaban J connectivity index is 1.67. The second-order valence-corrected chi connectivity index (χ2v) is 15.3. The summed E-state index contributed by atoms with van der Waals surface area (Å²) in [6.45, 7) is 21.2. The van der Waals surface area contributed by atoms with Crippen molar-refractivity contribution in [1.29, 1.82) is 0 Å². The van der Waals surface area contributed by atoms with Crippen molar-refractivity contribution in [2.45, 2.75) is 85.2 Å². The Hall–Kier alpha value is -3.15. The number of rotatable bonds is 4. The van der Waals surface area contributed by atoms with Gasteiger partial charge in [0.1, 0.15) is 12.4 Å². The van der Waals surface area contributed by atoms with Crippen molar-refractivity contribution in [2.24, 2.45) is 0 Å². The molecule has 0 unspecified atom stereocenters.